The van der Waals surface area contributed by atoms with Gasteiger partial charge in [-0.3, -0.25) is 9.48 Å². The summed E-state index contributed by atoms with van der Waals surface area (Å²) in [6, 6.07) is 6.65. The number of aryl methyl sites for hydroxylation is 1. The average molecular weight is 417 g/mol. The summed E-state index contributed by atoms with van der Waals surface area (Å²) in [5.41, 5.74) is 1.13. The van der Waals surface area contributed by atoms with Gasteiger partial charge in [0.2, 0.25) is 0 Å². The molecular formula is C13H12IN3O3S. The van der Waals surface area contributed by atoms with Crippen molar-refractivity contribution in [3.05, 3.63) is 45.3 Å². The van der Waals surface area contributed by atoms with Crippen molar-refractivity contribution < 1.29 is 13.2 Å². The number of aromatic nitrogens is 2. The predicted octanol–water partition coefficient (Wildman–Crippen LogP) is 1.41. The third-order valence-electron chi connectivity index (χ3n) is 3.46. The number of hydrogen-bond acceptors (Lipinski definition) is 4. The van der Waals surface area contributed by atoms with Crippen LogP contribution in [0.5, 0.6) is 0 Å². The molecule has 0 saturated carbocycles. The molecule has 110 valence electrons. The number of hydrogen-bond donors (Lipinski definition) is 0. The molecule has 1 aromatic carbocycles. The average Bonchev–Trinajstić information content (AvgIpc) is 2.90. The van der Waals surface area contributed by atoms with Crippen LogP contribution in [-0.2, 0) is 23.5 Å². The highest BCUT2D eigenvalue weighted by Gasteiger charge is 2.40. The zero-order chi connectivity index (χ0) is 15.2. The number of nitrogens with zero attached hydrogens (tertiary/aromatic N) is 3. The van der Waals surface area contributed by atoms with E-state index in [2.05, 4.69) is 5.10 Å². The zero-order valence-corrected chi connectivity index (χ0v) is 14.1. The fraction of sp³-hybridized carbons (Fsp3) is 0.231. The number of sulfonamides is 1. The van der Waals surface area contributed by atoms with Gasteiger partial charge in [-0.1, -0.05) is 0 Å². The Labute approximate surface area is 135 Å². The van der Waals surface area contributed by atoms with Crippen LogP contribution in [-0.4, -0.2) is 35.0 Å². The van der Waals surface area contributed by atoms with Gasteiger partial charge < -0.3 is 0 Å². The fourth-order valence-electron chi connectivity index (χ4n) is 2.33. The Morgan fingerprint density at radius 1 is 1.29 bits per heavy atom. The molecule has 1 amide bonds. The van der Waals surface area contributed by atoms with Crippen LogP contribution < -0.4 is 0 Å². The molecule has 0 radical (unpaired) electrons. The first-order chi connectivity index (χ1) is 9.91. The summed E-state index contributed by atoms with van der Waals surface area (Å²) in [5, 5.41) is 4.03. The van der Waals surface area contributed by atoms with Crippen molar-refractivity contribution >= 4 is 38.5 Å². The third kappa shape index (κ3) is 2.35. The molecule has 0 aliphatic carbocycles. The molecule has 0 saturated heterocycles. The lowest BCUT2D eigenvalue weighted by Gasteiger charge is -2.14. The van der Waals surface area contributed by atoms with E-state index < -0.39 is 15.9 Å². The smallest absolute Gasteiger partial charge is 0.269 e. The normalized spacial score (nSPS) is 16.3. The Hall–Kier alpha value is -1.42. The van der Waals surface area contributed by atoms with Crippen LogP contribution in [0.3, 0.4) is 0 Å². The lowest BCUT2D eigenvalue weighted by molar-refractivity contribution is 0.0871. The van der Waals surface area contributed by atoms with Crippen LogP contribution >= 0.6 is 22.6 Å². The number of halogens is 1. The minimum Gasteiger partial charge on any atom is -0.273 e. The number of fused-ring (bicyclic) bond motifs is 1. The van der Waals surface area contributed by atoms with E-state index in [-0.39, 0.29) is 17.0 Å². The van der Waals surface area contributed by atoms with Crippen LogP contribution in [0.25, 0.3) is 0 Å². The van der Waals surface area contributed by atoms with Crippen molar-refractivity contribution in [1.29, 1.82) is 0 Å². The number of rotatable bonds is 3. The van der Waals surface area contributed by atoms with Gasteiger partial charge in [0, 0.05) is 35.5 Å². The monoisotopic (exact) mass is 417 g/mol. The van der Waals surface area contributed by atoms with Gasteiger partial charge in [0.1, 0.15) is 4.90 Å². The number of benzene rings is 1. The van der Waals surface area contributed by atoms with Gasteiger partial charge in [-0.15, -0.1) is 0 Å². The Morgan fingerprint density at radius 2 is 2.05 bits per heavy atom. The summed E-state index contributed by atoms with van der Waals surface area (Å²) in [6.45, 7) is 0.117. The number of carbonyl (C=O) groups excluding carboxylic acids is 1. The fourth-order valence-corrected chi connectivity index (χ4v) is 4.63. The first-order valence-corrected chi connectivity index (χ1v) is 8.76. The number of amides is 1. The Kier molecular flexibility index (Phi) is 3.52. The van der Waals surface area contributed by atoms with Gasteiger partial charge in [0.15, 0.2) is 0 Å². The van der Waals surface area contributed by atoms with Crippen LogP contribution in [0.15, 0.2) is 35.4 Å². The van der Waals surface area contributed by atoms with E-state index in [1.165, 1.54) is 6.07 Å². The molecule has 0 fully saturated rings. The van der Waals surface area contributed by atoms with Crippen LogP contribution in [0, 0.1) is 3.57 Å². The number of carbonyl (C=O) groups is 1. The van der Waals surface area contributed by atoms with Crippen molar-refractivity contribution in [3.8, 4) is 0 Å². The van der Waals surface area contributed by atoms with E-state index in [9.17, 15) is 13.2 Å². The minimum atomic E-state index is -3.73. The van der Waals surface area contributed by atoms with E-state index in [1.54, 1.807) is 30.1 Å². The maximum Gasteiger partial charge on any atom is 0.269 e. The van der Waals surface area contributed by atoms with E-state index in [0.29, 0.717) is 6.42 Å². The summed E-state index contributed by atoms with van der Waals surface area (Å²) in [6.07, 6.45) is 2.08. The van der Waals surface area contributed by atoms with Crippen molar-refractivity contribution in [1.82, 2.24) is 14.1 Å². The first kappa shape index (κ1) is 14.5. The molecule has 21 heavy (non-hydrogen) atoms. The van der Waals surface area contributed by atoms with Crippen LogP contribution in [0.1, 0.15) is 16.1 Å². The summed E-state index contributed by atoms with van der Waals surface area (Å²) in [5.74, 6) is -0.455. The summed E-state index contributed by atoms with van der Waals surface area (Å²) < 4.78 is 28.3. The minimum absolute atomic E-state index is 0.101. The largest absolute Gasteiger partial charge is 0.273 e. The second kappa shape index (κ2) is 5.09. The molecule has 1 aromatic heterocycles. The first-order valence-electron chi connectivity index (χ1n) is 6.25. The molecule has 0 unspecified atom stereocenters. The van der Waals surface area contributed by atoms with Gasteiger partial charge in [-0.2, -0.15) is 5.10 Å². The molecule has 2 heterocycles. The van der Waals surface area contributed by atoms with Gasteiger partial charge in [-0.05, 0) is 46.9 Å². The molecule has 3 rings (SSSR count). The molecular weight excluding hydrogens is 405 g/mol. The summed E-state index contributed by atoms with van der Waals surface area (Å²) in [7, 11) is -1.95. The maximum atomic E-state index is 12.5. The molecule has 2 aromatic rings. The zero-order valence-electron chi connectivity index (χ0n) is 11.2. The Bertz CT molecular complexity index is 829. The van der Waals surface area contributed by atoms with Gasteiger partial charge >= 0.3 is 0 Å². The van der Waals surface area contributed by atoms with E-state index >= 15 is 0 Å². The lowest BCUT2D eigenvalue weighted by atomic mass is 10.2. The maximum absolute atomic E-state index is 12.5. The highest BCUT2D eigenvalue weighted by atomic mass is 127. The van der Waals surface area contributed by atoms with Crippen molar-refractivity contribution in [3.63, 3.8) is 0 Å². The molecule has 1 aliphatic rings. The van der Waals surface area contributed by atoms with Crippen molar-refractivity contribution in [2.45, 2.75) is 11.3 Å². The molecule has 0 spiro atoms. The second-order valence-electron chi connectivity index (χ2n) is 4.72. The summed E-state index contributed by atoms with van der Waals surface area (Å²) >= 11 is 2.03. The highest BCUT2D eigenvalue weighted by Crippen LogP contribution is 2.31. The molecule has 0 N–H and O–H groups in total. The quantitative estimate of drug-likeness (QED) is 0.709. The van der Waals surface area contributed by atoms with Gasteiger partial charge in [0.25, 0.3) is 15.9 Å². The summed E-state index contributed by atoms with van der Waals surface area (Å²) in [4.78, 5) is 12.4. The Morgan fingerprint density at radius 3 is 2.71 bits per heavy atom. The lowest BCUT2D eigenvalue weighted by Crippen LogP contribution is -2.32. The van der Waals surface area contributed by atoms with Gasteiger partial charge in [0.05, 0.1) is 5.56 Å². The topological polar surface area (TPSA) is 72.3 Å². The van der Waals surface area contributed by atoms with Gasteiger partial charge in [-0.25, -0.2) is 12.7 Å². The van der Waals surface area contributed by atoms with E-state index in [0.717, 1.165) is 13.6 Å². The van der Waals surface area contributed by atoms with E-state index in [1.807, 2.05) is 28.7 Å². The SMILES string of the molecule is Cn1nccc1CCN1C(=O)c2ccc(I)cc2S1(=O)=O. The van der Waals surface area contributed by atoms with Crippen LogP contribution in [0.2, 0.25) is 0 Å². The van der Waals surface area contributed by atoms with E-state index in [4.69, 9.17) is 0 Å². The molecule has 1 aliphatic heterocycles. The molecule has 6 nitrogen and oxygen atoms in total. The molecule has 0 atom stereocenters. The molecule has 0 bridgehead atoms. The standard InChI is InChI=1S/C13H12IN3O3S/c1-16-10(4-6-15-16)5-7-17-13(18)11-3-2-9(14)8-12(11)21(17,19)20/h2-4,6,8H,5,7H2,1H3. The second-order valence-corrected chi connectivity index (χ2v) is 7.80. The third-order valence-corrected chi connectivity index (χ3v) is 5.96. The van der Waals surface area contributed by atoms with Crippen molar-refractivity contribution in [2.24, 2.45) is 7.05 Å². The Balaban J connectivity index is 1.91. The van der Waals surface area contributed by atoms with Crippen LogP contribution in [0.4, 0.5) is 0 Å². The predicted molar refractivity (Wildman–Crippen MR) is 84.3 cm³/mol. The highest BCUT2D eigenvalue weighted by molar-refractivity contribution is 14.1. The molecule has 8 heteroatoms. The van der Waals surface area contributed by atoms with Crippen molar-refractivity contribution in [2.75, 3.05) is 6.54 Å².